The number of amides is 1. The monoisotopic (exact) mass is 391 g/mol. The van der Waals surface area contributed by atoms with Crippen LogP contribution < -0.4 is 10.2 Å². The van der Waals surface area contributed by atoms with Crippen LogP contribution in [0.3, 0.4) is 0 Å². The number of aromatic hydroxyl groups is 1. The summed E-state index contributed by atoms with van der Waals surface area (Å²) in [5, 5.41) is 13.9. The molecule has 0 aliphatic carbocycles. The van der Waals surface area contributed by atoms with Crippen LogP contribution in [0.4, 0.5) is 5.82 Å². The van der Waals surface area contributed by atoms with E-state index in [1.165, 1.54) is 6.20 Å². The Morgan fingerprint density at radius 1 is 1.28 bits per heavy atom. The van der Waals surface area contributed by atoms with Gasteiger partial charge in [0.1, 0.15) is 5.82 Å². The zero-order valence-electron chi connectivity index (χ0n) is 16.0. The molecule has 8 heteroatoms. The van der Waals surface area contributed by atoms with Crippen molar-refractivity contribution in [2.45, 2.75) is 32.0 Å². The molecule has 2 saturated heterocycles. The van der Waals surface area contributed by atoms with E-state index in [4.69, 9.17) is 4.74 Å². The summed E-state index contributed by atoms with van der Waals surface area (Å²) in [5.41, 5.74) is 2.33. The Balaban J connectivity index is 1.36. The highest BCUT2D eigenvalue weighted by Crippen LogP contribution is 2.34. The zero-order valence-corrected chi connectivity index (χ0v) is 16.0. The molecule has 3 aromatic heterocycles. The van der Waals surface area contributed by atoms with Crippen LogP contribution >= 0.6 is 0 Å². The first-order valence-corrected chi connectivity index (χ1v) is 9.65. The largest absolute Gasteiger partial charge is 0.505 e. The van der Waals surface area contributed by atoms with Crippen LogP contribution in [-0.4, -0.2) is 51.3 Å². The number of nitrogens with one attached hydrogen (secondary N) is 1. The minimum atomic E-state index is -0.442. The molecule has 2 fully saturated rings. The van der Waals surface area contributed by atoms with E-state index in [0.717, 1.165) is 36.6 Å². The van der Waals surface area contributed by atoms with Gasteiger partial charge in [0.2, 0.25) is 0 Å². The van der Waals surface area contributed by atoms with Gasteiger partial charge in [0.15, 0.2) is 11.4 Å². The topological polar surface area (TPSA) is 100 Å². The highest BCUT2D eigenvalue weighted by atomic mass is 16.5. The summed E-state index contributed by atoms with van der Waals surface area (Å²) in [6.45, 7) is 3.77. The fraction of sp³-hybridized carbons (Fsp3) is 0.333. The molecule has 3 aromatic rings. The standard InChI is InChI=1S/C21H21N5O3/c1-12-2-3-13(7-22-12)8-24-21(28)19-20(27)16-4-5-18(25-17(16)9-23-19)26-10-15-6-14(26)11-29-15/h2-5,7,9,14-15,27H,6,8,10-11H2,1H3,(H,24,28)/t14-,15-/m1/s1. The third kappa shape index (κ3) is 3.25. The van der Waals surface area contributed by atoms with Gasteiger partial charge in [0.05, 0.1) is 30.5 Å². The van der Waals surface area contributed by atoms with Crippen LogP contribution in [0, 0.1) is 6.92 Å². The van der Waals surface area contributed by atoms with Crippen molar-refractivity contribution in [3.8, 4) is 5.75 Å². The highest BCUT2D eigenvalue weighted by molar-refractivity contribution is 6.00. The number of morpholine rings is 1. The quantitative estimate of drug-likeness (QED) is 0.701. The van der Waals surface area contributed by atoms with Crippen molar-refractivity contribution in [3.63, 3.8) is 0 Å². The first-order chi connectivity index (χ1) is 14.1. The van der Waals surface area contributed by atoms with E-state index in [1.807, 2.05) is 25.1 Å². The fourth-order valence-corrected chi connectivity index (χ4v) is 3.95. The van der Waals surface area contributed by atoms with Crippen molar-refractivity contribution in [1.82, 2.24) is 20.3 Å². The third-order valence-electron chi connectivity index (χ3n) is 5.54. The molecule has 0 spiro atoms. The maximum Gasteiger partial charge on any atom is 0.274 e. The third-order valence-corrected chi connectivity index (χ3v) is 5.54. The van der Waals surface area contributed by atoms with Gasteiger partial charge in [-0.05, 0) is 37.1 Å². The SMILES string of the molecule is Cc1ccc(CNC(=O)c2ncc3nc(N4C[C@H]5C[C@@H]4CO5)ccc3c2O)cn1. The molecule has 2 bridgehead atoms. The Labute approximate surface area is 167 Å². The van der Waals surface area contributed by atoms with Crippen molar-refractivity contribution in [2.75, 3.05) is 18.1 Å². The smallest absolute Gasteiger partial charge is 0.274 e. The zero-order chi connectivity index (χ0) is 20.0. The minimum Gasteiger partial charge on any atom is -0.505 e. The number of anilines is 1. The predicted molar refractivity (Wildman–Crippen MR) is 107 cm³/mol. The second kappa shape index (κ2) is 6.97. The van der Waals surface area contributed by atoms with Crippen LogP contribution in [0.15, 0.2) is 36.7 Å². The number of hydrogen-bond donors (Lipinski definition) is 2. The molecule has 8 nitrogen and oxygen atoms in total. The number of fused-ring (bicyclic) bond motifs is 3. The van der Waals surface area contributed by atoms with Gasteiger partial charge in [-0.1, -0.05) is 6.07 Å². The summed E-state index contributed by atoms with van der Waals surface area (Å²) >= 11 is 0. The van der Waals surface area contributed by atoms with Gasteiger partial charge < -0.3 is 20.1 Å². The molecule has 5 heterocycles. The summed E-state index contributed by atoms with van der Waals surface area (Å²) in [4.78, 5) is 27.8. The van der Waals surface area contributed by atoms with Gasteiger partial charge in [-0.15, -0.1) is 0 Å². The first kappa shape index (κ1) is 17.8. The normalized spacial score (nSPS) is 20.4. The van der Waals surface area contributed by atoms with Crippen molar-refractivity contribution in [3.05, 3.63) is 53.6 Å². The van der Waals surface area contributed by atoms with Gasteiger partial charge >= 0.3 is 0 Å². The van der Waals surface area contributed by atoms with Crippen molar-refractivity contribution >= 4 is 22.6 Å². The fourth-order valence-electron chi connectivity index (χ4n) is 3.95. The Hall–Kier alpha value is -3.26. The molecule has 1 amide bonds. The molecule has 2 aliphatic heterocycles. The van der Waals surface area contributed by atoms with E-state index < -0.39 is 5.91 Å². The minimum absolute atomic E-state index is 0.0132. The molecule has 0 saturated carbocycles. The Bertz CT molecular complexity index is 1090. The van der Waals surface area contributed by atoms with Crippen LogP contribution in [0.25, 0.3) is 10.9 Å². The number of carbonyl (C=O) groups is 1. The number of hydrogen-bond acceptors (Lipinski definition) is 7. The van der Waals surface area contributed by atoms with Gasteiger partial charge in [-0.2, -0.15) is 0 Å². The first-order valence-electron chi connectivity index (χ1n) is 9.65. The molecular formula is C21H21N5O3. The van der Waals surface area contributed by atoms with E-state index in [1.54, 1.807) is 12.3 Å². The van der Waals surface area contributed by atoms with Crippen molar-refractivity contribution in [1.29, 1.82) is 0 Å². The second-order valence-electron chi connectivity index (χ2n) is 7.55. The van der Waals surface area contributed by atoms with Crippen molar-refractivity contribution in [2.24, 2.45) is 0 Å². The van der Waals surface area contributed by atoms with Crippen molar-refractivity contribution < 1.29 is 14.6 Å². The molecule has 0 radical (unpaired) electrons. The summed E-state index contributed by atoms with van der Waals surface area (Å²) in [6.07, 6.45) is 4.55. The van der Waals surface area contributed by atoms with E-state index in [0.29, 0.717) is 23.5 Å². The maximum absolute atomic E-state index is 12.5. The average Bonchev–Trinajstić information content (AvgIpc) is 3.37. The maximum atomic E-state index is 12.5. The number of rotatable bonds is 4. The molecule has 2 N–H and O–H groups in total. The van der Waals surface area contributed by atoms with Crippen LogP contribution in [-0.2, 0) is 11.3 Å². The summed E-state index contributed by atoms with van der Waals surface area (Å²) in [7, 11) is 0. The number of ether oxygens (including phenoxy) is 1. The number of aromatic nitrogens is 3. The predicted octanol–water partition coefficient (Wildman–Crippen LogP) is 1.95. The lowest BCUT2D eigenvalue weighted by molar-refractivity contribution is 0.0943. The molecule has 0 unspecified atom stereocenters. The van der Waals surface area contributed by atoms with E-state index in [9.17, 15) is 9.90 Å². The lowest BCUT2D eigenvalue weighted by atomic mass is 10.2. The number of nitrogens with zero attached hydrogens (tertiary/aromatic N) is 4. The number of aryl methyl sites for hydroxylation is 1. The lowest BCUT2D eigenvalue weighted by Gasteiger charge is -2.28. The number of carbonyl (C=O) groups excluding carboxylic acids is 1. The van der Waals surface area contributed by atoms with Crippen LogP contribution in [0.2, 0.25) is 0 Å². The second-order valence-corrected chi connectivity index (χ2v) is 7.55. The lowest BCUT2D eigenvalue weighted by Crippen LogP contribution is -2.37. The summed E-state index contributed by atoms with van der Waals surface area (Å²) < 4.78 is 5.64. The van der Waals surface area contributed by atoms with Crippen LogP contribution in [0.5, 0.6) is 5.75 Å². The molecular weight excluding hydrogens is 370 g/mol. The number of pyridine rings is 3. The Morgan fingerprint density at radius 3 is 2.90 bits per heavy atom. The molecule has 2 atom stereocenters. The van der Waals surface area contributed by atoms with Crippen LogP contribution in [0.1, 0.15) is 28.2 Å². The molecule has 5 rings (SSSR count). The Kier molecular flexibility index (Phi) is 4.28. The van der Waals surface area contributed by atoms with Gasteiger partial charge in [0, 0.05) is 30.4 Å². The van der Waals surface area contributed by atoms with E-state index in [2.05, 4.69) is 25.2 Å². The average molecular weight is 391 g/mol. The van der Waals surface area contributed by atoms with Gasteiger partial charge in [-0.25, -0.2) is 9.97 Å². The van der Waals surface area contributed by atoms with Gasteiger partial charge in [-0.3, -0.25) is 9.78 Å². The molecule has 148 valence electrons. The van der Waals surface area contributed by atoms with Gasteiger partial charge in [0.25, 0.3) is 5.91 Å². The molecule has 29 heavy (non-hydrogen) atoms. The molecule has 0 aromatic carbocycles. The highest BCUT2D eigenvalue weighted by Gasteiger charge is 2.39. The molecule has 2 aliphatic rings. The summed E-state index contributed by atoms with van der Waals surface area (Å²) in [5.74, 6) is 0.244. The van der Waals surface area contributed by atoms with E-state index in [-0.39, 0.29) is 17.5 Å². The summed E-state index contributed by atoms with van der Waals surface area (Å²) in [6, 6.07) is 7.81. The Morgan fingerprint density at radius 2 is 2.17 bits per heavy atom. The van der Waals surface area contributed by atoms with E-state index >= 15 is 0 Å².